The average Bonchev–Trinajstić information content (AvgIpc) is 2.68. The Hall–Kier alpha value is -1.62. The lowest BCUT2D eigenvalue weighted by Crippen LogP contribution is -2.10. The molecule has 0 fully saturated rings. The Bertz CT molecular complexity index is 524. The number of fused-ring (bicyclic) bond motifs is 1. The predicted octanol–water partition coefficient (Wildman–Crippen LogP) is 2.38. The minimum absolute atomic E-state index is 0.0330. The lowest BCUT2D eigenvalue weighted by atomic mass is 10.3. The number of halogens is 1. The van der Waals surface area contributed by atoms with Gasteiger partial charge in [-0.3, -0.25) is 0 Å². The van der Waals surface area contributed by atoms with Gasteiger partial charge in [0.05, 0.1) is 17.6 Å². The Morgan fingerprint density at radius 1 is 1.44 bits per heavy atom. The van der Waals surface area contributed by atoms with Crippen LogP contribution in [0.5, 0.6) is 0 Å². The second-order valence-corrected chi connectivity index (χ2v) is 4.22. The number of rotatable bonds is 6. The van der Waals surface area contributed by atoms with Crippen molar-refractivity contribution < 1.29 is 9.50 Å². The molecule has 2 N–H and O–H groups in total. The molecule has 2 rings (SSSR count). The minimum Gasteiger partial charge on any atom is -0.395 e. The predicted molar refractivity (Wildman–Crippen MR) is 70.2 cm³/mol. The van der Waals surface area contributed by atoms with Gasteiger partial charge >= 0.3 is 0 Å². The first kappa shape index (κ1) is 12.8. The van der Waals surface area contributed by atoms with Crippen LogP contribution in [0.15, 0.2) is 18.2 Å². The Labute approximate surface area is 105 Å². The molecule has 0 aliphatic rings. The summed E-state index contributed by atoms with van der Waals surface area (Å²) < 4.78 is 15.0. The fraction of sp³-hybridized carbons (Fsp3) is 0.462. The van der Waals surface area contributed by atoms with Crippen LogP contribution in [0.3, 0.4) is 0 Å². The first-order valence-corrected chi connectivity index (χ1v) is 6.26. The molecule has 98 valence electrons. The summed E-state index contributed by atoms with van der Waals surface area (Å²) in [6.45, 7) is 3.43. The third-order valence-corrected chi connectivity index (χ3v) is 2.85. The Morgan fingerprint density at radius 3 is 3.00 bits per heavy atom. The molecule has 0 bridgehead atoms. The average molecular weight is 251 g/mol. The van der Waals surface area contributed by atoms with E-state index in [2.05, 4.69) is 17.2 Å². The number of nitrogens with one attached hydrogen (secondary N) is 1. The normalized spacial score (nSPS) is 11.1. The maximum atomic E-state index is 13.2. The SMILES string of the molecule is CCCCNc1nc2cc(F)ccc2n1CCO. The lowest BCUT2D eigenvalue weighted by Gasteiger charge is -2.08. The summed E-state index contributed by atoms with van der Waals surface area (Å²) >= 11 is 0. The van der Waals surface area contributed by atoms with Gasteiger partial charge in [0.2, 0.25) is 5.95 Å². The van der Waals surface area contributed by atoms with Crippen LogP contribution in [0.25, 0.3) is 11.0 Å². The Balaban J connectivity index is 2.34. The number of hydrogen-bond donors (Lipinski definition) is 2. The van der Waals surface area contributed by atoms with E-state index in [1.807, 2.05) is 4.57 Å². The highest BCUT2D eigenvalue weighted by Gasteiger charge is 2.10. The molecule has 18 heavy (non-hydrogen) atoms. The summed E-state index contributed by atoms with van der Waals surface area (Å²) in [6, 6.07) is 4.51. The van der Waals surface area contributed by atoms with E-state index in [9.17, 15) is 4.39 Å². The Morgan fingerprint density at radius 2 is 2.28 bits per heavy atom. The molecule has 5 heteroatoms. The lowest BCUT2D eigenvalue weighted by molar-refractivity contribution is 0.278. The zero-order valence-electron chi connectivity index (χ0n) is 10.5. The number of imidazole rings is 1. The van der Waals surface area contributed by atoms with Crippen molar-refractivity contribution in [3.63, 3.8) is 0 Å². The maximum Gasteiger partial charge on any atom is 0.203 e. The largest absolute Gasteiger partial charge is 0.395 e. The highest BCUT2D eigenvalue weighted by atomic mass is 19.1. The number of hydrogen-bond acceptors (Lipinski definition) is 3. The molecule has 0 aliphatic heterocycles. The van der Waals surface area contributed by atoms with Crippen LogP contribution in [-0.2, 0) is 6.54 Å². The van der Waals surface area contributed by atoms with E-state index in [4.69, 9.17) is 5.11 Å². The number of nitrogens with zero attached hydrogens (tertiary/aromatic N) is 2. The van der Waals surface area contributed by atoms with E-state index in [1.165, 1.54) is 12.1 Å². The van der Waals surface area contributed by atoms with Gasteiger partial charge in [0.25, 0.3) is 0 Å². The van der Waals surface area contributed by atoms with Crippen LogP contribution >= 0.6 is 0 Å². The minimum atomic E-state index is -0.295. The second-order valence-electron chi connectivity index (χ2n) is 4.22. The molecule has 0 amide bonds. The van der Waals surface area contributed by atoms with E-state index in [1.54, 1.807) is 6.07 Å². The van der Waals surface area contributed by atoms with Crippen LogP contribution < -0.4 is 5.32 Å². The molecular formula is C13H18FN3O. The van der Waals surface area contributed by atoms with Gasteiger partial charge in [-0.05, 0) is 18.6 Å². The van der Waals surface area contributed by atoms with Gasteiger partial charge in [-0.15, -0.1) is 0 Å². The number of aromatic nitrogens is 2. The van der Waals surface area contributed by atoms with E-state index in [0.29, 0.717) is 18.0 Å². The standard InChI is InChI=1S/C13H18FN3O/c1-2-3-6-15-13-16-11-9-10(14)4-5-12(11)17(13)7-8-18/h4-5,9,18H,2-3,6-8H2,1H3,(H,15,16). The van der Waals surface area contributed by atoms with Gasteiger partial charge in [0.15, 0.2) is 0 Å². The number of anilines is 1. The summed E-state index contributed by atoms with van der Waals surface area (Å²) in [5.74, 6) is 0.398. The van der Waals surface area contributed by atoms with E-state index in [-0.39, 0.29) is 12.4 Å². The fourth-order valence-corrected chi connectivity index (χ4v) is 1.94. The monoisotopic (exact) mass is 251 g/mol. The number of unbranched alkanes of at least 4 members (excludes halogenated alkanes) is 1. The van der Waals surface area contributed by atoms with E-state index in [0.717, 1.165) is 24.9 Å². The fourth-order valence-electron chi connectivity index (χ4n) is 1.94. The number of aliphatic hydroxyl groups excluding tert-OH is 1. The van der Waals surface area contributed by atoms with Crippen molar-refractivity contribution in [3.8, 4) is 0 Å². The molecule has 0 atom stereocenters. The van der Waals surface area contributed by atoms with Crippen LogP contribution in [0.2, 0.25) is 0 Å². The summed E-state index contributed by atoms with van der Waals surface area (Å²) in [5, 5.41) is 12.3. The molecular weight excluding hydrogens is 233 g/mol. The van der Waals surface area contributed by atoms with Crippen LogP contribution in [0, 0.1) is 5.82 Å². The maximum absolute atomic E-state index is 13.2. The van der Waals surface area contributed by atoms with Crippen molar-refractivity contribution in [2.45, 2.75) is 26.3 Å². The molecule has 4 nitrogen and oxygen atoms in total. The molecule has 0 spiro atoms. The van der Waals surface area contributed by atoms with Gasteiger partial charge in [0.1, 0.15) is 5.82 Å². The van der Waals surface area contributed by atoms with Crippen molar-refractivity contribution in [2.24, 2.45) is 0 Å². The van der Waals surface area contributed by atoms with Crippen LogP contribution in [0.4, 0.5) is 10.3 Å². The molecule has 0 saturated carbocycles. The van der Waals surface area contributed by atoms with Crippen molar-refractivity contribution in [2.75, 3.05) is 18.5 Å². The molecule has 0 aliphatic carbocycles. The first-order chi connectivity index (χ1) is 8.76. The molecule has 0 unspecified atom stereocenters. The molecule has 1 aromatic heterocycles. The molecule has 1 aromatic carbocycles. The van der Waals surface area contributed by atoms with Gasteiger partial charge < -0.3 is 15.0 Å². The number of benzene rings is 1. The summed E-state index contributed by atoms with van der Waals surface area (Å²) in [5.41, 5.74) is 1.45. The topological polar surface area (TPSA) is 50.1 Å². The first-order valence-electron chi connectivity index (χ1n) is 6.26. The Kier molecular flexibility index (Phi) is 4.15. The van der Waals surface area contributed by atoms with E-state index < -0.39 is 0 Å². The summed E-state index contributed by atoms with van der Waals surface area (Å²) in [7, 11) is 0. The molecule has 2 aromatic rings. The second kappa shape index (κ2) is 5.82. The van der Waals surface area contributed by atoms with Crippen molar-refractivity contribution in [3.05, 3.63) is 24.0 Å². The smallest absolute Gasteiger partial charge is 0.203 e. The van der Waals surface area contributed by atoms with Crippen LogP contribution in [0.1, 0.15) is 19.8 Å². The molecule has 0 radical (unpaired) electrons. The summed E-state index contributed by atoms with van der Waals surface area (Å²) in [6.07, 6.45) is 2.15. The van der Waals surface area contributed by atoms with Gasteiger partial charge in [-0.1, -0.05) is 13.3 Å². The molecule has 1 heterocycles. The highest BCUT2D eigenvalue weighted by molar-refractivity contribution is 5.78. The zero-order valence-corrected chi connectivity index (χ0v) is 10.5. The van der Waals surface area contributed by atoms with Gasteiger partial charge in [-0.25, -0.2) is 9.37 Å². The number of aliphatic hydroxyl groups is 1. The summed E-state index contributed by atoms with van der Waals surface area (Å²) in [4.78, 5) is 4.36. The van der Waals surface area contributed by atoms with Crippen molar-refractivity contribution >= 4 is 17.0 Å². The van der Waals surface area contributed by atoms with Gasteiger partial charge in [0, 0.05) is 19.2 Å². The van der Waals surface area contributed by atoms with Crippen LogP contribution in [-0.4, -0.2) is 27.8 Å². The third kappa shape index (κ3) is 2.61. The van der Waals surface area contributed by atoms with E-state index >= 15 is 0 Å². The quantitative estimate of drug-likeness (QED) is 0.775. The third-order valence-electron chi connectivity index (χ3n) is 2.85. The van der Waals surface area contributed by atoms with Crippen molar-refractivity contribution in [1.82, 2.24) is 9.55 Å². The van der Waals surface area contributed by atoms with Crippen molar-refractivity contribution in [1.29, 1.82) is 0 Å². The molecule has 0 saturated heterocycles. The zero-order chi connectivity index (χ0) is 13.0. The van der Waals surface area contributed by atoms with Gasteiger partial charge in [-0.2, -0.15) is 0 Å². The highest BCUT2D eigenvalue weighted by Crippen LogP contribution is 2.20.